The molecule has 8 atom stereocenters. The summed E-state index contributed by atoms with van der Waals surface area (Å²) in [5, 5.41) is 21.2. The minimum Gasteiger partial charge on any atom is -0.481 e. The van der Waals surface area contributed by atoms with Gasteiger partial charge in [-0.2, -0.15) is 0 Å². The third-order valence-corrected chi connectivity index (χ3v) is 8.43. The second-order valence-corrected chi connectivity index (χ2v) is 9.03. The van der Waals surface area contributed by atoms with Gasteiger partial charge in [-0.25, -0.2) is 0 Å². The number of carbonyl (C=O) groups is 2. The fourth-order valence-corrected chi connectivity index (χ4v) is 7.72. The van der Waals surface area contributed by atoms with Gasteiger partial charge in [-0.3, -0.25) is 9.59 Å². The molecule has 5 nitrogen and oxygen atoms in total. The van der Waals surface area contributed by atoms with Crippen LogP contribution < -0.4 is 0 Å². The third kappa shape index (κ3) is 1.26. The number of carbonyl (C=O) groups excluding carboxylic acids is 1. The largest absolute Gasteiger partial charge is 0.481 e. The molecule has 1 heterocycles. The Labute approximate surface area is 141 Å². The first-order valence-electron chi connectivity index (χ1n) is 9.12. The summed E-state index contributed by atoms with van der Waals surface area (Å²) in [7, 11) is 0. The second-order valence-electron chi connectivity index (χ2n) is 9.03. The maximum Gasteiger partial charge on any atom is 0.312 e. The molecule has 4 bridgehead atoms. The number of ether oxygens (including phenoxy) is 1. The summed E-state index contributed by atoms with van der Waals surface area (Å²) < 4.78 is 6.04. The molecule has 1 saturated heterocycles. The van der Waals surface area contributed by atoms with Gasteiger partial charge in [-0.05, 0) is 56.9 Å². The smallest absolute Gasteiger partial charge is 0.312 e. The number of aliphatic hydroxyl groups is 1. The van der Waals surface area contributed by atoms with Crippen LogP contribution in [0.4, 0.5) is 0 Å². The lowest BCUT2D eigenvalue weighted by Gasteiger charge is -2.44. The van der Waals surface area contributed by atoms with Gasteiger partial charge in [0, 0.05) is 17.3 Å². The number of carboxylic acids is 1. The van der Waals surface area contributed by atoms with Crippen molar-refractivity contribution in [3.63, 3.8) is 0 Å². The molecule has 5 fully saturated rings. The van der Waals surface area contributed by atoms with E-state index in [0.29, 0.717) is 12.8 Å². The predicted molar refractivity (Wildman–Crippen MR) is 83.8 cm³/mol. The molecule has 1 aliphatic heterocycles. The van der Waals surface area contributed by atoms with E-state index in [1.165, 1.54) is 0 Å². The zero-order valence-corrected chi connectivity index (χ0v) is 14.0. The zero-order chi connectivity index (χ0) is 17.1. The van der Waals surface area contributed by atoms with E-state index < -0.39 is 34.4 Å². The average Bonchev–Trinajstić information content (AvgIpc) is 2.94. The molecule has 1 unspecified atom stereocenters. The van der Waals surface area contributed by atoms with Crippen molar-refractivity contribution in [2.24, 2.45) is 34.5 Å². The molecule has 0 aromatic carbocycles. The zero-order valence-electron chi connectivity index (χ0n) is 14.0. The molecular weight excluding hydrogens is 308 g/mol. The number of aliphatic carboxylic acids is 1. The van der Waals surface area contributed by atoms with Crippen LogP contribution in [0.1, 0.15) is 45.4 Å². The highest BCUT2D eigenvalue weighted by molar-refractivity contribution is 5.84. The molecule has 0 aromatic rings. The number of carboxylic acid groups (broad SMARTS) is 1. The Bertz CT molecular complexity index is 685. The summed E-state index contributed by atoms with van der Waals surface area (Å²) in [6.07, 6.45) is 3.93. The standard InChI is InChI=1S/C19H24O5/c1-9-10-4-5-11-18(8-10,14(9)20)12(15(21)22)13-17(2)6-3-7-19(11,13)24-16(17)23/h10-14,20H,1,3-8H2,2H3,(H,21,22)/t10?,11-,12-,13-,14-,17-,18-,19-/m1/s1. The van der Waals surface area contributed by atoms with Gasteiger partial charge in [0.25, 0.3) is 0 Å². The summed E-state index contributed by atoms with van der Waals surface area (Å²) in [5.74, 6) is -2.01. The van der Waals surface area contributed by atoms with Crippen LogP contribution in [0.3, 0.4) is 0 Å². The monoisotopic (exact) mass is 332 g/mol. The number of rotatable bonds is 1. The number of aliphatic hydroxyl groups excluding tert-OH is 1. The van der Waals surface area contributed by atoms with E-state index in [0.717, 1.165) is 31.3 Å². The Balaban J connectivity index is 1.78. The van der Waals surface area contributed by atoms with Crippen LogP contribution in [0.5, 0.6) is 0 Å². The van der Waals surface area contributed by atoms with Gasteiger partial charge in [0.15, 0.2) is 0 Å². The van der Waals surface area contributed by atoms with Gasteiger partial charge in [0.2, 0.25) is 0 Å². The van der Waals surface area contributed by atoms with E-state index in [-0.39, 0.29) is 23.7 Å². The maximum atomic E-state index is 12.7. The number of esters is 1. The van der Waals surface area contributed by atoms with Crippen molar-refractivity contribution in [3.8, 4) is 0 Å². The van der Waals surface area contributed by atoms with Crippen molar-refractivity contribution in [3.05, 3.63) is 12.2 Å². The van der Waals surface area contributed by atoms with E-state index in [1.807, 2.05) is 6.92 Å². The lowest BCUT2D eigenvalue weighted by atomic mass is 9.60. The van der Waals surface area contributed by atoms with Crippen LogP contribution in [0, 0.1) is 34.5 Å². The van der Waals surface area contributed by atoms with Crippen molar-refractivity contribution in [2.75, 3.05) is 0 Å². The normalized spacial score (nSPS) is 57.5. The van der Waals surface area contributed by atoms with Crippen molar-refractivity contribution in [2.45, 2.75) is 57.2 Å². The first-order chi connectivity index (χ1) is 11.3. The average molecular weight is 332 g/mol. The Morgan fingerprint density at radius 2 is 2.08 bits per heavy atom. The van der Waals surface area contributed by atoms with Gasteiger partial charge in [-0.15, -0.1) is 0 Å². The van der Waals surface area contributed by atoms with Crippen LogP contribution in [0.15, 0.2) is 12.2 Å². The molecule has 4 saturated carbocycles. The van der Waals surface area contributed by atoms with Crippen molar-refractivity contribution < 1.29 is 24.5 Å². The van der Waals surface area contributed by atoms with Crippen LogP contribution in [-0.4, -0.2) is 33.9 Å². The Morgan fingerprint density at radius 3 is 2.79 bits per heavy atom. The highest BCUT2D eigenvalue weighted by Gasteiger charge is 2.83. The van der Waals surface area contributed by atoms with Gasteiger partial charge in [0.1, 0.15) is 5.60 Å². The first-order valence-corrected chi connectivity index (χ1v) is 9.12. The van der Waals surface area contributed by atoms with E-state index >= 15 is 0 Å². The van der Waals surface area contributed by atoms with Crippen LogP contribution in [0.25, 0.3) is 0 Å². The van der Waals surface area contributed by atoms with E-state index in [1.54, 1.807) is 0 Å². The van der Waals surface area contributed by atoms with Gasteiger partial charge in [-0.1, -0.05) is 6.58 Å². The molecule has 2 N–H and O–H groups in total. The lowest BCUT2D eigenvalue weighted by Crippen LogP contribution is -2.48. The van der Waals surface area contributed by atoms with Crippen molar-refractivity contribution in [1.29, 1.82) is 0 Å². The second kappa shape index (κ2) is 4.06. The van der Waals surface area contributed by atoms with Gasteiger partial charge in [0.05, 0.1) is 17.4 Å². The van der Waals surface area contributed by atoms with Crippen molar-refractivity contribution in [1.82, 2.24) is 0 Å². The fraction of sp³-hybridized carbons (Fsp3) is 0.789. The van der Waals surface area contributed by atoms with Crippen LogP contribution >= 0.6 is 0 Å². The van der Waals surface area contributed by atoms with Crippen LogP contribution in [0.2, 0.25) is 0 Å². The topological polar surface area (TPSA) is 83.8 Å². The minimum absolute atomic E-state index is 0.0623. The van der Waals surface area contributed by atoms with Crippen molar-refractivity contribution >= 4 is 11.9 Å². The summed E-state index contributed by atoms with van der Waals surface area (Å²) in [4.78, 5) is 25.1. The summed E-state index contributed by atoms with van der Waals surface area (Å²) >= 11 is 0. The quantitative estimate of drug-likeness (QED) is 0.568. The molecule has 130 valence electrons. The minimum atomic E-state index is -0.882. The predicted octanol–water partition coefficient (Wildman–Crippen LogP) is 2.14. The highest BCUT2D eigenvalue weighted by Crippen LogP contribution is 2.77. The molecule has 0 radical (unpaired) electrons. The third-order valence-electron chi connectivity index (χ3n) is 8.43. The molecular formula is C19H24O5. The molecule has 0 aromatic heterocycles. The van der Waals surface area contributed by atoms with E-state index in [9.17, 15) is 19.8 Å². The Morgan fingerprint density at radius 1 is 1.33 bits per heavy atom. The summed E-state index contributed by atoms with van der Waals surface area (Å²) in [6, 6.07) is 0. The van der Waals surface area contributed by atoms with Gasteiger partial charge >= 0.3 is 11.9 Å². The number of hydrogen-bond donors (Lipinski definition) is 2. The van der Waals surface area contributed by atoms with E-state index in [2.05, 4.69) is 6.58 Å². The Hall–Kier alpha value is -1.36. The molecule has 0 amide bonds. The molecule has 5 rings (SSSR count). The molecule has 5 heteroatoms. The number of hydrogen-bond acceptors (Lipinski definition) is 4. The number of fused-ring (bicyclic) bond motifs is 1. The molecule has 24 heavy (non-hydrogen) atoms. The fourth-order valence-electron chi connectivity index (χ4n) is 7.72. The Kier molecular flexibility index (Phi) is 2.53. The molecule has 5 aliphatic rings. The maximum absolute atomic E-state index is 12.7. The van der Waals surface area contributed by atoms with E-state index in [4.69, 9.17) is 4.74 Å². The SMILES string of the molecule is C=C1C2CC[C@H]3[C@@]45CCC[C@@](C)(C(=O)O4)[C@H]5[C@H](C(=O)O)[C@]3(C2)[C@@H]1O. The molecule has 4 aliphatic carbocycles. The summed E-state index contributed by atoms with van der Waals surface area (Å²) in [5.41, 5.74) is -1.33. The highest BCUT2D eigenvalue weighted by atomic mass is 16.6. The molecule has 1 spiro atoms. The summed E-state index contributed by atoms with van der Waals surface area (Å²) in [6.45, 7) is 5.97. The van der Waals surface area contributed by atoms with Gasteiger partial charge < -0.3 is 14.9 Å². The van der Waals surface area contributed by atoms with Crippen LogP contribution in [-0.2, 0) is 14.3 Å². The lowest BCUT2D eigenvalue weighted by molar-refractivity contribution is -0.164. The first kappa shape index (κ1) is 14.9.